The normalized spacial score (nSPS) is 23.7. The van der Waals surface area contributed by atoms with Crippen molar-refractivity contribution in [3.63, 3.8) is 0 Å². The van der Waals surface area contributed by atoms with Crippen LogP contribution in [-0.2, 0) is 14.3 Å². The molecule has 0 fully saturated rings. The van der Waals surface area contributed by atoms with E-state index < -0.39 is 4.75 Å². The topological polar surface area (TPSA) is 29.5 Å². The number of amides is 1. The van der Waals surface area contributed by atoms with Crippen molar-refractivity contribution in [1.82, 2.24) is 0 Å². The number of ether oxygens (including phenoxy) is 1. The molecule has 1 amide bonds. The molecule has 1 heterocycles. The van der Waals surface area contributed by atoms with Crippen LogP contribution < -0.4 is 4.90 Å². The van der Waals surface area contributed by atoms with Gasteiger partial charge in [-0.3, -0.25) is 4.79 Å². The molecule has 0 unspecified atom stereocenters. The number of thioether (sulfide) groups is 1. The van der Waals surface area contributed by atoms with Crippen LogP contribution in [0.2, 0.25) is 0 Å². The number of methoxy groups -OCH3 is 1. The smallest absolute Gasteiger partial charge is 0.249 e. The molecule has 0 saturated heterocycles. The van der Waals surface area contributed by atoms with Gasteiger partial charge in [0, 0.05) is 25.4 Å². The Kier molecular flexibility index (Phi) is 2.95. The van der Waals surface area contributed by atoms with E-state index >= 15 is 0 Å². The molecular formula is C12H15NO2S. The van der Waals surface area contributed by atoms with Crippen molar-refractivity contribution in [3.8, 4) is 0 Å². The Labute approximate surface area is 99.8 Å². The molecule has 0 saturated carbocycles. The summed E-state index contributed by atoms with van der Waals surface area (Å²) in [6, 6.07) is 7.89. The third-order valence-corrected chi connectivity index (χ3v) is 4.26. The number of nitrogens with zero attached hydrogens (tertiary/aromatic N) is 1. The number of anilines is 1. The van der Waals surface area contributed by atoms with Crippen LogP contribution in [-0.4, -0.2) is 32.9 Å². The number of para-hydroxylation sites is 1. The van der Waals surface area contributed by atoms with E-state index in [2.05, 4.69) is 0 Å². The van der Waals surface area contributed by atoms with Crippen molar-refractivity contribution in [1.29, 1.82) is 0 Å². The minimum Gasteiger partial charge on any atom is -0.382 e. The van der Waals surface area contributed by atoms with Crippen LogP contribution in [0.3, 0.4) is 0 Å². The first-order valence-electron chi connectivity index (χ1n) is 5.09. The Bertz CT molecular complexity index is 421. The highest BCUT2D eigenvalue weighted by atomic mass is 32.2. The third-order valence-electron chi connectivity index (χ3n) is 3.05. The highest BCUT2D eigenvalue weighted by molar-refractivity contribution is 8.00. The van der Waals surface area contributed by atoms with Gasteiger partial charge in [-0.25, -0.2) is 0 Å². The zero-order valence-corrected chi connectivity index (χ0v) is 10.5. The lowest BCUT2D eigenvalue weighted by molar-refractivity contribution is -0.121. The molecular weight excluding hydrogens is 222 g/mol. The van der Waals surface area contributed by atoms with Gasteiger partial charge in [-0.15, -0.1) is 11.8 Å². The fourth-order valence-corrected chi connectivity index (χ4v) is 3.14. The van der Waals surface area contributed by atoms with Gasteiger partial charge in [0.2, 0.25) is 5.91 Å². The summed E-state index contributed by atoms with van der Waals surface area (Å²) in [5, 5.41) is 0. The zero-order valence-electron chi connectivity index (χ0n) is 9.69. The molecule has 1 atom stereocenters. The van der Waals surface area contributed by atoms with E-state index in [0.717, 1.165) is 11.3 Å². The summed E-state index contributed by atoms with van der Waals surface area (Å²) in [5.74, 6) is 0.100. The van der Waals surface area contributed by atoms with Gasteiger partial charge in [-0.1, -0.05) is 18.2 Å². The van der Waals surface area contributed by atoms with Crippen LogP contribution in [0, 0.1) is 0 Å². The minimum atomic E-state index is -0.569. The van der Waals surface area contributed by atoms with E-state index in [0.29, 0.717) is 6.61 Å². The standard InChI is InChI=1S/C12H15NO2S/c1-13-10-7-5-4-6-9(10)12(16-3,8-15-2)11(13)14/h4-7H,8H2,1-3H3/t12-/m1/s1. The summed E-state index contributed by atoms with van der Waals surface area (Å²) in [6.07, 6.45) is 1.95. The first kappa shape index (κ1) is 11.5. The summed E-state index contributed by atoms with van der Waals surface area (Å²) >= 11 is 1.54. The summed E-state index contributed by atoms with van der Waals surface area (Å²) in [5.41, 5.74) is 2.04. The second-order valence-electron chi connectivity index (χ2n) is 3.85. The van der Waals surface area contributed by atoms with Gasteiger partial charge in [-0.05, 0) is 12.3 Å². The predicted octanol–water partition coefficient (Wildman–Crippen LogP) is 1.87. The highest BCUT2D eigenvalue weighted by Crippen LogP contribution is 2.47. The van der Waals surface area contributed by atoms with Crippen LogP contribution in [0.15, 0.2) is 24.3 Å². The number of likely N-dealkylation sites (N-methyl/N-ethyl adjacent to an activating group) is 1. The Morgan fingerprint density at radius 2 is 2.12 bits per heavy atom. The first-order chi connectivity index (χ1) is 7.67. The summed E-state index contributed by atoms with van der Waals surface area (Å²) < 4.78 is 4.66. The number of hydrogen-bond acceptors (Lipinski definition) is 3. The van der Waals surface area contributed by atoms with Gasteiger partial charge in [0.1, 0.15) is 4.75 Å². The Balaban J connectivity index is 2.58. The van der Waals surface area contributed by atoms with Gasteiger partial charge in [0.25, 0.3) is 0 Å². The Hall–Kier alpha value is -1.00. The summed E-state index contributed by atoms with van der Waals surface area (Å²) in [4.78, 5) is 14.0. The van der Waals surface area contributed by atoms with E-state index in [9.17, 15) is 4.79 Å². The van der Waals surface area contributed by atoms with Crippen LogP contribution >= 0.6 is 11.8 Å². The molecule has 1 aromatic rings. The molecule has 1 aliphatic rings. The van der Waals surface area contributed by atoms with Gasteiger partial charge >= 0.3 is 0 Å². The van der Waals surface area contributed by atoms with Crippen molar-refractivity contribution in [2.75, 3.05) is 31.9 Å². The average molecular weight is 237 g/mol. The second kappa shape index (κ2) is 4.11. The molecule has 3 nitrogen and oxygen atoms in total. The molecule has 0 radical (unpaired) electrons. The monoisotopic (exact) mass is 237 g/mol. The maximum Gasteiger partial charge on any atom is 0.249 e. The SMILES string of the molecule is COC[C@]1(SC)C(=O)N(C)c2ccccc21. The lowest BCUT2D eigenvalue weighted by atomic mass is 10.0. The minimum absolute atomic E-state index is 0.100. The van der Waals surface area contributed by atoms with Crippen molar-refractivity contribution < 1.29 is 9.53 Å². The quantitative estimate of drug-likeness (QED) is 0.803. The highest BCUT2D eigenvalue weighted by Gasteiger charge is 2.49. The largest absolute Gasteiger partial charge is 0.382 e. The van der Waals surface area contributed by atoms with Crippen molar-refractivity contribution in [3.05, 3.63) is 29.8 Å². The van der Waals surface area contributed by atoms with Crippen molar-refractivity contribution in [2.45, 2.75) is 4.75 Å². The number of hydrogen-bond donors (Lipinski definition) is 0. The fraction of sp³-hybridized carbons (Fsp3) is 0.417. The number of carbonyl (C=O) groups is 1. The number of rotatable bonds is 3. The van der Waals surface area contributed by atoms with Gasteiger partial charge < -0.3 is 9.64 Å². The Morgan fingerprint density at radius 3 is 2.75 bits per heavy atom. The predicted molar refractivity (Wildman–Crippen MR) is 66.9 cm³/mol. The van der Waals surface area contributed by atoms with Gasteiger partial charge in [0.05, 0.1) is 6.61 Å². The zero-order chi connectivity index (χ0) is 11.8. The van der Waals surface area contributed by atoms with E-state index in [-0.39, 0.29) is 5.91 Å². The van der Waals surface area contributed by atoms with Crippen LogP contribution in [0.1, 0.15) is 5.56 Å². The molecule has 0 N–H and O–H groups in total. The van der Waals surface area contributed by atoms with E-state index in [1.54, 1.807) is 23.8 Å². The molecule has 0 bridgehead atoms. The molecule has 16 heavy (non-hydrogen) atoms. The lowest BCUT2D eigenvalue weighted by Gasteiger charge is -2.24. The fourth-order valence-electron chi connectivity index (χ4n) is 2.20. The van der Waals surface area contributed by atoms with Gasteiger partial charge in [-0.2, -0.15) is 0 Å². The first-order valence-corrected chi connectivity index (χ1v) is 6.31. The van der Waals surface area contributed by atoms with Crippen molar-refractivity contribution in [2.24, 2.45) is 0 Å². The molecule has 0 aromatic heterocycles. The molecule has 0 aliphatic carbocycles. The molecule has 4 heteroatoms. The van der Waals surface area contributed by atoms with Crippen LogP contribution in [0.25, 0.3) is 0 Å². The van der Waals surface area contributed by atoms with E-state index in [4.69, 9.17) is 4.74 Å². The van der Waals surface area contributed by atoms with Gasteiger partial charge in [0.15, 0.2) is 0 Å². The Morgan fingerprint density at radius 1 is 1.44 bits per heavy atom. The lowest BCUT2D eigenvalue weighted by Crippen LogP contribution is -2.39. The van der Waals surface area contributed by atoms with Crippen LogP contribution in [0.5, 0.6) is 0 Å². The van der Waals surface area contributed by atoms with E-state index in [1.165, 1.54) is 0 Å². The number of benzene rings is 1. The third kappa shape index (κ3) is 1.37. The van der Waals surface area contributed by atoms with Crippen molar-refractivity contribution >= 4 is 23.4 Å². The maximum absolute atomic E-state index is 12.3. The number of fused-ring (bicyclic) bond motifs is 1. The van der Waals surface area contributed by atoms with Crippen LogP contribution in [0.4, 0.5) is 5.69 Å². The van der Waals surface area contributed by atoms with E-state index in [1.807, 2.05) is 37.6 Å². The molecule has 1 aromatic carbocycles. The average Bonchev–Trinajstić information content (AvgIpc) is 2.53. The number of carbonyl (C=O) groups excluding carboxylic acids is 1. The molecule has 86 valence electrons. The molecule has 0 spiro atoms. The second-order valence-corrected chi connectivity index (χ2v) is 4.95. The summed E-state index contributed by atoms with van der Waals surface area (Å²) in [7, 11) is 3.45. The molecule has 1 aliphatic heterocycles. The molecule has 2 rings (SSSR count). The maximum atomic E-state index is 12.3. The summed E-state index contributed by atoms with van der Waals surface area (Å²) in [6.45, 7) is 0.411.